The molecule has 0 unspecified atom stereocenters. The number of amides is 3. The summed E-state index contributed by atoms with van der Waals surface area (Å²) in [6.07, 6.45) is 4.37. The quantitative estimate of drug-likeness (QED) is 0.639. The van der Waals surface area contributed by atoms with Gasteiger partial charge in [0.05, 0.1) is 14.2 Å². The lowest BCUT2D eigenvalue weighted by Crippen LogP contribution is -2.55. The first-order valence-electron chi connectivity index (χ1n) is 12.7. The summed E-state index contributed by atoms with van der Waals surface area (Å²) in [6, 6.07) is 13.4. The van der Waals surface area contributed by atoms with E-state index < -0.39 is 6.04 Å². The Morgan fingerprint density at radius 3 is 2.11 bits per heavy atom. The normalized spacial score (nSPS) is 17.3. The van der Waals surface area contributed by atoms with Crippen molar-refractivity contribution in [3.63, 3.8) is 0 Å². The molecule has 2 fully saturated rings. The summed E-state index contributed by atoms with van der Waals surface area (Å²) in [6.45, 7) is 2.51. The van der Waals surface area contributed by atoms with Crippen LogP contribution in [0.5, 0.6) is 11.5 Å². The zero-order chi connectivity index (χ0) is 25.5. The van der Waals surface area contributed by atoms with Crippen LogP contribution in [0.25, 0.3) is 0 Å². The second kappa shape index (κ2) is 11.9. The number of ether oxygens (including phenoxy) is 2. The molecule has 4 rings (SSSR count). The Bertz CT molecular complexity index is 1060. The molecule has 8 nitrogen and oxygen atoms in total. The van der Waals surface area contributed by atoms with Gasteiger partial charge in [0.15, 0.2) is 0 Å². The van der Waals surface area contributed by atoms with Gasteiger partial charge in [-0.2, -0.15) is 0 Å². The van der Waals surface area contributed by atoms with E-state index >= 15 is 0 Å². The molecular weight excluding hydrogens is 458 g/mol. The maximum atomic E-state index is 13.6. The Balaban J connectivity index is 1.46. The number of carbonyl (C=O) groups excluding carboxylic acids is 3. The fourth-order valence-electron chi connectivity index (χ4n) is 5.03. The van der Waals surface area contributed by atoms with E-state index in [-0.39, 0.29) is 23.6 Å². The van der Waals surface area contributed by atoms with E-state index in [2.05, 4.69) is 5.32 Å². The predicted molar refractivity (Wildman–Crippen MR) is 136 cm³/mol. The molecule has 2 aliphatic heterocycles. The van der Waals surface area contributed by atoms with Crippen LogP contribution >= 0.6 is 0 Å². The second-order valence-corrected chi connectivity index (χ2v) is 9.43. The molecule has 2 aromatic carbocycles. The number of hydrogen-bond acceptors (Lipinski definition) is 5. The molecular formula is C28H35N3O5. The van der Waals surface area contributed by atoms with Crippen LogP contribution in [0, 0.1) is 5.92 Å². The maximum absolute atomic E-state index is 13.6. The highest BCUT2D eigenvalue weighted by molar-refractivity contribution is 5.98. The molecule has 8 heteroatoms. The van der Waals surface area contributed by atoms with Gasteiger partial charge in [-0.05, 0) is 80.5 Å². The van der Waals surface area contributed by atoms with Crippen molar-refractivity contribution in [2.75, 3.05) is 40.4 Å². The summed E-state index contributed by atoms with van der Waals surface area (Å²) in [4.78, 5) is 43.4. The van der Waals surface area contributed by atoms with Crippen LogP contribution < -0.4 is 14.8 Å². The molecule has 2 saturated heterocycles. The number of nitrogens with one attached hydrogen (secondary N) is 1. The van der Waals surface area contributed by atoms with Gasteiger partial charge < -0.3 is 24.6 Å². The predicted octanol–water partition coefficient (Wildman–Crippen LogP) is 3.37. The van der Waals surface area contributed by atoms with Gasteiger partial charge in [0.2, 0.25) is 5.91 Å². The minimum Gasteiger partial charge on any atom is -0.497 e. The topological polar surface area (TPSA) is 88.2 Å². The summed E-state index contributed by atoms with van der Waals surface area (Å²) >= 11 is 0. The van der Waals surface area contributed by atoms with Crippen LogP contribution in [0.2, 0.25) is 0 Å². The Kier molecular flexibility index (Phi) is 8.46. The minimum atomic E-state index is -0.619. The summed E-state index contributed by atoms with van der Waals surface area (Å²) in [7, 11) is 3.16. The average Bonchev–Trinajstić information content (AvgIpc) is 2.95. The highest BCUT2D eigenvalue weighted by atomic mass is 16.5. The molecule has 0 aromatic heterocycles. The smallest absolute Gasteiger partial charge is 0.253 e. The first-order valence-corrected chi connectivity index (χ1v) is 12.7. The third-order valence-electron chi connectivity index (χ3n) is 7.19. The molecule has 0 aliphatic carbocycles. The zero-order valence-corrected chi connectivity index (χ0v) is 21.1. The van der Waals surface area contributed by atoms with E-state index in [1.807, 2.05) is 15.9 Å². The van der Waals surface area contributed by atoms with Crippen LogP contribution in [0.3, 0.4) is 0 Å². The van der Waals surface area contributed by atoms with Crippen molar-refractivity contribution in [2.24, 2.45) is 5.92 Å². The molecule has 2 aromatic rings. The molecule has 2 heterocycles. The van der Waals surface area contributed by atoms with Crippen molar-refractivity contribution in [1.82, 2.24) is 15.1 Å². The van der Waals surface area contributed by atoms with Gasteiger partial charge >= 0.3 is 0 Å². The van der Waals surface area contributed by atoms with E-state index in [9.17, 15) is 14.4 Å². The van der Waals surface area contributed by atoms with Crippen LogP contribution in [-0.4, -0.2) is 74.0 Å². The van der Waals surface area contributed by atoms with Crippen molar-refractivity contribution in [2.45, 2.75) is 38.1 Å². The van der Waals surface area contributed by atoms with Gasteiger partial charge in [-0.3, -0.25) is 14.4 Å². The van der Waals surface area contributed by atoms with Crippen LogP contribution in [0.4, 0.5) is 0 Å². The average molecular weight is 494 g/mol. The van der Waals surface area contributed by atoms with Gasteiger partial charge in [-0.1, -0.05) is 6.07 Å². The van der Waals surface area contributed by atoms with Gasteiger partial charge in [0.1, 0.15) is 17.5 Å². The largest absolute Gasteiger partial charge is 0.497 e. The van der Waals surface area contributed by atoms with Crippen LogP contribution in [0.15, 0.2) is 48.5 Å². The SMILES string of the molecule is COc1ccc(C(=O)N[C@@H](C(=O)N2CCCCC2)C2CCN(C(=O)c3cccc(OC)c3)CC2)cc1. The number of nitrogens with zero attached hydrogens (tertiary/aromatic N) is 2. The fourth-order valence-corrected chi connectivity index (χ4v) is 5.03. The molecule has 0 saturated carbocycles. The van der Waals surface area contributed by atoms with E-state index in [0.717, 1.165) is 32.4 Å². The Morgan fingerprint density at radius 2 is 1.47 bits per heavy atom. The molecule has 1 N–H and O–H groups in total. The van der Waals surface area contributed by atoms with Crippen LogP contribution in [-0.2, 0) is 4.79 Å². The molecule has 36 heavy (non-hydrogen) atoms. The number of rotatable bonds is 7. The zero-order valence-electron chi connectivity index (χ0n) is 21.1. The van der Waals surface area contributed by atoms with Crippen molar-refractivity contribution in [3.05, 3.63) is 59.7 Å². The monoisotopic (exact) mass is 493 g/mol. The van der Waals surface area contributed by atoms with E-state index in [0.29, 0.717) is 48.6 Å². The highest BCUT2D eigenvalue weighted by Crippen LogP contribution is 2.26. The molecule has 1 atom stereocenters. The molecule has 0 radical (unpaired) electrons. The van der Waals surface area contributed by atoms with Gasteiger partial charge in [-0.15, -0.1) is 0 Å². The van der Waals surface area contributed by atoms with Gasteiger partial charge in [0.25, 0.3) is 11.8 Å². The number of methoxy groups -OCH3 is 2. The number of hydrogen-bond donors (Lipinski definition) is 1. The van der Waals surface area contributed by atoms with Crippen LogP contribution in [0.1, 0.15) is 52.8 Å². The van der Waals surface area contributed by atoms with Crippen molar-refractivity contribution < 1.29 is 23.9 Å². The molecule has 0 bridgehead atoms. The second-order valence-electron chi connectivity index (χ2n) is 9.43. The number of carbonyl (C=O) groups is 3. The van der Waals surface area contributed by atoms with E-state index in [1.165, 1.54) is 0 Å². The molecule has 2 aliphatic rings. The molecule has 3 amide bonds. The lowest BCUT2D eigenvalue weighted by Gasteiger charge is -2.38. The maximum Gasteiger partial charge on any atom is 0.253 e. The lowest BCUT2D eigenvalue weighted by molar-refractivity contribution is -0.136. The molecule has 192 valence electrons. The standard InChI is InChI=1S/C28H35N3O5/c1-35-23-11-9-21(10-12-23)26(32)29-25(28(34)30-15-4-3-5-16-30)20-13-17-31(18-14-20)27(33)22-7-6-8-24(19-22)36-2/h6-12,19-20,25H,3-5,13-18H2,1-2H3,(H,29,32)/t25-/m1/s1. The van der Waals surface area contributed by atoms with Crippen molar-refractivity contribution in [3.8, 4) is 11.5 Å². The third-order valence-corrected chi connectivity index (χ3v) is 7.19. The Hall–Kier alpha value is -3.55. The highest BCUT2D eigenvalue weighted by Gasteiger charge is 2.36. The number of likely N-dealkylation sites (tertiary alicyclic amines) is 2. The summed E-state index contributed by atoms with van der Waals surface area (Å²) in [5.41, 5.74) is 1.07. The fraction of sp³-hybridized carbons (Fsp3) is 0.464. The third kappa shape index (κ3) is 5.98. The van der Waals surface area contributed by atoms with E-state index in [1.54, 1.807) is 56.7 Å². The molecule has 0 spiro atoms. The van der Waals surface area contributed by atoms with E-state index in [4.69, 9.17) is 9.47 Å². The summed E-state index contributed by atoms with van der Waals surface area (Å²) in [5, 5.41) is 3.04. The summed E-state index contributed by atoms with van der Waals surface area (Å²) in [5.74, 6) is 0.922. The first kappa shape index (κ1) is 25.5. The number of benzene rings is 2. The Labute approximate surface area is 212 Å². The lowest BCUT2D eigenvalue weighted by atomic mass is 9.87. The van der Waals surface area contributed by atoms with Gasteiger partial charge in [-0.25, -0.2) is 0 Å². The van der Waals surface area contributed by atoms with Crippen molar-refractivity contribution >= 4 is 17.7 Å². The van der Waals surface area contributed by atoms with Crippen molar-refractivity contribution in [1.29, 1.82) is 0 Å². The van der Waals surface area contributed by atoms with Gasteiger partial charge in [0, 0.05) is 37.3 Å². The minimum absolute atomic E-state index is 0.0193. The summed E-state index contributed by atoms with van der Waals surface area (Å²) < 4.78 is 10.4. The first-order chi connectivity index (χ1) is 17.5. The number of piperidine rings is 2. The Morgan fingerprint density at radius 1 is 0.806 bits per heavy atom.